The Morgan fingerprint density at radius 2 is 1.59 bits per heavy atom. The summed E-state index contributed by atoms with van der Waals surface area (Å²) in [5.74, 6) is 2.48. The number of hydrogen-bond acceptors (Lipinski definition) is 3. The van der Waals surface area contributed by atoms with Gasteiger partial charge in [0.2, 0.25) is 5.91 Å². The first kappa shape index (κ1) is 19.0. The smallest absolute Gasteiger partial charge is 0.253 e. The Hall–Kier alpha value is -2.04. The second-order valence-electron chi connectivity index (χ2n) is 10.3. The SMILES string of the molecule is CN(C)c1ccc(C(=O)N2CCCC2)cc1NC(=O)C12CC3CC(CC(C3)C1)C2. The molecule has 0 aromatic heterocycles. The Morgan fingerprint density at radius 1 is 1.00 bits per heavy atom. The molecule has 4 saturated carbocycles. The van der Waals surface area contributed by atoms with Crippen molar-refractivity contribution in [3.05, 3.63) is 23.8 Å². The number of carbonyl (C=O) groups is 2. The van der Waals surface area contributed by atoms with E-state index in [0.29, 0.717) is 5.56 Å². The minimum atomic E-state index is -0.187. The van der Waals surface area contributed by atoms with E-state index in [1.807, 2.05) is 42.1 Å². The van der Waals surface area contributed by atoms with Gasteiger partial charge in [-0.3, -0.25) is 9.59 Å². The standard InChI is InChI=1S/C24H33N3O2/c1-26(2)21-6-5-19(22(28)27-7-3-4-8-27)12-20(21)25-23(29)24-13-16-9-17(14-24)11-18(10-16)15-24/h5-6,12,16-18H,3-4,7-11,13-15H2,1-2H3,(H,25,29). The molecule has 0 atom stereocenters. The molecule has 156 valence electrons. The van der Waals surface area contributed by atoms with Gasteiger partial charge in [0.15, 0.2) is 0 Å². The molecule has 5 fully saturated rings. The molecule has 1 N–H and O–H groups in total. The lowest BCUT2D eigenvalue weighted by molar-refractivity contribution is -0.140. The number of rotatable bonds is 4. The third-order valence-electron chi connectivity index (χ3n) is 7.89. The summed E-state index contributed by atoms with van der Waals surface area (Å²) in [6, 6.07) is 5.77. The third kappa shape index (κ3) is 3.32. The van der Waals surface area contributed by atoms with Crippen molar-refractivity contribution in [2.45, 2.75) is 51.4 Å². The van der Waals surface area contributed by atoms with Crippen molar-refractivity contribution in [1.29, 1.82) is 0 Å². The van der Waals surface area contributed by atoms with Crippen molar-refractivity contribution in [3.8, 4) is 0 Å². The number of carbonyl (C=O) groups excluding carboxylic acids is 2. The summed E-state index contributed by atoms with van der Waals surface area (Å²) in [6.07, 6.45) is 9.30. The molecule has 29 heavy (non-hydrogen) atoms. The van der Waals surface area contributed by atoms with E-state index < -0.39 is 0 Å². The van der Waals surface area contributed by atoms with E-state index in [1.54, 1.807) is 0 Å². The van der Waals surface area contributed by atoms with E-state index in [0.717, 1.165) is 74.3 Å². The summed E-state index contributed by atoms with van der Waals surface area (Å²) < 4.78 is 0. The maximum absolute atomic E-state index is 13.6. The third-order valence-corrected chi connectivity index (χ3v) is 7.89. The van der Waals surface area contributed by atoms with Crippen LogP contribution in [0.4, 0.5) is 11.4 Å². The summed E-state index contributed by atoms with van der Waals surface area (Å²) >= 11 is 0. The molecule has 2 amide bonds. The van der Waals surface area contributed by atoms with Crippen LogP contribution in [0, 0.1) is 23.2 Å². The molecule has 4 bridgehead atoms. The Kier molecular flexibility index (Phi) is 4.60. The topological polar surface area (TPSA) is 52.7 Å². The predicted octanol–water partition coefficient (Wildman–Crippen LogP) is 4.14. The van der Waals surface area contributed by atoms with Crippen LogP contribution < -0.4 is 10.2 Å². The molecular formula is C24H33N3O2. The Balaban J connectivity index is 1.41. The van der Waals surface area contributed by atoms with Crippen LogP contribution in [0.1, 0.15) is 61.7 Å². The molecule has 5 heteroatoms. The predicted molar refractivity (Wildman–Crippen MR) is 115 cm³/mol. The largest absolute Gasteiger partial charge is 0.376 e. The zero-order valence-electron chi connectivity index (χ0n) is 17.7. The van der Waals surface area contributed by atoms with E-state index in [-0.39, 0.29) is 17.2 Å². The quantitative estimate of drug-likeness (QED) is 0.833. The van der Waals surface area contributed by atoms with Gasteiger partial charge in [0.05, 0.1) is 16.8 Å². The minimum absolute atomic E-state index is 0.0816. The van der Waals surface area contributed by atoms with Gasteiger partial charge < -0.3 is 15.1 Å². The number of amides is 2. The maximum Gasteiger partial charge on any atom is 0.253 e. The van der Waals surface area contributed by atoms with Crippen LogP contribution >= 0.6 is 0 Å². The lowest BCUT2D eigenvalue weighted by Gasteiger charge is -2.55. The van der Waals surface area contributed by atoms with Crippen molar-refractivity contribution in [3.63, 3.8) is 0 Å². The zero-order chi connectivity index (χ0) is 20.2. The zero-order valence-corrected chi connectivity index (χ0v) is 17.7. The normalized spacial score (nSPS) is 32.5. The highest BCUT2D eigenvalue weighted by atomic mass is 16.2. The molecule has 1 aromatic carbocycles. The van der Waals surface area contributed by atoms with Crippen LogP contribution in [0.5, 0.6) is 0 Å². The van der Waals surface area contributed by atoms with Crippen LogP contribution in [0.25, 0.3) is 0 Å². The molecule has 0 spiro atoms. The van der Waals surface area contributed by atoms with Crippen LogP contribution in [0.2, 0.25) is 0 Å². The van der Waals surface area contributed by atoms with Gasteiger partial charge in [-0.2, -0.15) is 0 Å². The highest BCUT2D eigenvalue weighted by Crippen LogP contribution is 2.60. The molecule has 6 rings (SSSR count). The van der Waals surface area contributed by atoms with Crippen molar-refractivity contribution in [1.82, 2.24) is 4.90 Å². The monoisotopic (exact) mass is 395 g/mol. The first-order valence-corrected chi connectivity index (χ1v) is 11.4. The fourth-order valence-electron chi connectivity index (χ4n) is 6.91. The van der Waals surface area contributed by atoms with Gasteiger partial charge in [0.1, 0.15) is 0 Å². The summed E-state index contributed by atoms with van der Waals surface area (Å²) in [7, 11) is 3.97. The average molecular weight is 396 g/mol. The van der Waals surface area contributed by atoms with E-state index in [1.165, 1.54) is 19.3 Å². The van der Waals surface area contributed by atoms with Gasteiger partial charge in [0, 0.05) is 32.7 Å². The lowest BCUT2D eigenvalue weighted by atomic mass is 9.49. The summed E-state index contributed by atoms with van der Waals surface area (Å²) in [6.45, 7) is 1.67. The molecule has 4 aliphatic carbocycles. The molecule has 1 heterocycles. The second kappa shape index (κ2) is 7.03. The van der Waals surface area contributed by atoms with Crippen molar-refractivity contribution in [2.75, 3.05) is 37.4 Å². The first-order chi connectivity index (χ1) is 13.9. The number of anilines is 2. The van der Waals surface area contributed by atoms with Gasteiger partial charge in [-0.15, -0.1) is 0 Å². The van der Waals surface area contributed by atoms with E-state index >= 15 is 0 Å². The van der Waals surface area contributed by atoms with Crippen molar-refractivity contribution < 1.29 is 9.59 Å². The molecule has 1 saturated heterocycles. The molecule has 1 aromatic rings. The number of likely N-dealkylation sites (tertiary alicyclic amines) is 1. The van der Waals surface area contributed by atoms with E-state index in [4.69, 9.17) is 0 Å². The van der Waals surface area contributed by atoms with E-state index in [9.17, 15) is 9.59 Å². The summed E-state index contributed by atoms with van der Waals surface area (Å²) in [5, 5.41) is 3.28. The van der Waals surface area contributed by atoms with E-state index in [2.05, 4.69) is 5.32 Å². The highest BCUT2D eigenvalue weighted by molar-refractivity contribution is 6.01. The van der Waals surface area contributed by atoms with Crippen LogP contribution in [-0.4, -0.2) is 43.9 Å². The number of nitrogens with zero attached hydrogens (tertiary/aromatic N) is 2. The fourth-order valence-corrected chi connectivity index (χ4v) is 6.91. The van der Waals surface area contributed by atoms with Gasteiger partial charge in [0.25, 0.3) is 5.91 Å². The fraction of sp³-hybridized carbons (Fsp3) is 0.667. The Bertz CT molecular complexity index is 790. The van der Waals surface area contributed by atoms with Crippen LogP contribution in [-0.2, 0) is 4.79 Å². The molecule has 5 aliphatic rings. The Labute approximate surface area is 173 Å². The second-order valence-corrected chi connectivity index (χ2v) is 10.3. The lowest BCUT2D eigenvalue weighted by Crippen LogP contribution is -2.51. The summed E-state index contributed by atoms with van der Waals surface area (Å²) in [4.78, 5) is 30.4. The van der Waals surface area contributed by atoms with Gasteiger partial charge in [-0.25, -0.2) is 0 Å². The first-order valence-electron chi connectivity index (χ1n) is 11.4. The summed E-state index contributed by atoms with van der Waals surface area (Å²) in [5.41, 5.74) is 2.23. The number of nitrogens with one attached hydrogen (secondary N) is 1. The average Bonchev–Trinajstić information content (AvgIpc) is 3.21. The molecule has 1 aliphatic heterocycles. The maximum atomic E-state index is 13.6. The van der Waals surface area contributed by atoms with Gasteiger partial charge in [-0.05, 0) is 87.3 Å². The minimum Gasteiger partial charge on any atom is -0.376 e. The van der Waals surface area contributed by atoms with Crippen LogP contribution in [0.15, 0.2) is 18.2 Å². The molecule has 0 radical (unpaired) electrons. The highest BCUT2D eigenvalue weighted by Gasteiger charge is 2.54. The Morgan fingerprint density at radius 3 is 2.14 bits per heavy atom. The van der Waals surface area contributed by atoms with Crippen LogP contribution in [0.3, 0.4) is 0 Å². The number of hydrogen-bond donors (Lipinski definition) is 1. The van der Waals surface area contributed by atoms with Gasteiger partial charge in [-0.1, -0.05) is 0 Å². The van der Waals surface area contributed by atoms with Gasteiger partial charge >= 0.3 is 0 Å². The molecule has 5 nitrogen and oxygen atoms in total. The van der Waals surface area contributed by atoms with Crippen molar-refractivity contribution in [2.24, 2.45) is 23.2 Å². The van der Waals surface area contributed by atoms with Crippen molar-refractivity contribution >= 4 is 23.2 Å². The molecule has 0 unspecified atom stereocenters. The number of benzene rings is 1. The molecular weight excluding hydrogens is 362 g/mol.